The molecule has 1 atom stereocenters. The minimum Gasteiger partial charge on any atom is -0.314 e. The van der Waals surface area contributed by atoms with Gasteiger partial charge in [0.2, 0.25) is 0 Å². The van der Waals surface area contributed by atoms with Crippen molar-refractivity contribution in [1.29, 1.82) is 0 Å². The summed E-state index contributed by atoms with van der Waals surface area (Å²) in [6.07, 6.45) is 0.996. The highest BCUT2D eigenvalue weighted by molar-refractivity contribution is 5.16. The topological polar surface area (TPSA) is 28.2 Å². The largest absolute Gasteiger partial charge is 0.314 e. The number of nitrogens with zero attached hydrogens (tertiary/aromatic N) is 2. The van der Waals surface area contributed by atoms with Gasteiger partial charge in [-0.1, -0.05) is 11.6 Å². The Kier molecular flexibility index (Phi) is 4.50. The van der Waals surface area contributed by atoms with Gasteiger partial charge in [0.1, 0.15) is 0 Å². The van der Waals surface area contributed by atoms with Gasteiger partial charge in [-0.05, 0) is 32.4 Å². The fourth-order valence-electron chi connectivity index (χ4n) is 2.49. The second-order valence-electron chi connectivity index (χ2n) is 5.17. The van der Waals surface area contributed by atoms with E-state index >= 15 is 0 Å². The molecule has 1 aliphatic rings. The van der Waals surface area contributed by atoms with Crippen LogP contribution in [0.2, 0.25) is 0 Å². The molecule has 0 unspecified atom stereocenters. The van der Waals surface area contributed by atoms with Gasteiger partial charge in [-0.25, -0.2) is 0 Å². The van der Waals surface area contributed by atoms with Crippen molar-refractivity contribution in [2.75, 3.05) is 26.2 Å². The monoisotopic (exact) mass is 245 g/mol. The smallest absolute Gasteiger partial charge is 0.0581 e. The van der Waals surface area contributed by atoms with E-state index in [0.29, 0.717) is 6.04 Å². The Bertz CT molecular complexity index is 408. The van der Waals surface area contributed by atoms with Crippen LogP contribution >= 0.6 is 0 Å². The first-order valence-corrected chi connectivity index (χ1v) is 6.69. The van der Waals surface area contributed by atoms with Crippen molar-refractivity contribution in [2.24, 2.45) is 0 Å². The van der Waals surface area contributed by atoms with Crippen LogP contribution in [0.4, 0.5) is 0 Å². The average molecular weight is 245 g/mol. The quantitative estimate of drug-likeness (QED) is 0.825. The molecule has 0 bridgehead atoms. The molecule has 0 saturated carbocycles. The third-order valence-corrected chi connectivity index (χ3v) is 3.39. The maximum Gasteiger partial charge on any atom is 0.0581 e. The first kappa shape index (κ1) is 13.2. The SMILES string of the molecule is C=C(C)C[C@H](c1cccc(C)n1)N1CCNCC1. The van der Waals surface area contributed by atoms with E-state index in [0.717, 1.165) is 38.3 Å². The normalized spacial score (nSPS) is 18.6. The average Bonchev–Trinajstić information content (AvgIpc) is 2.37. The fraction of sp³-hybridized carbons (Fsp3) is 0.533. The Morgan fingerprint density at radius 2 is 2.17 bits per heavy atom. The number of pyridine rings is 1. The van der Waals surface area contributed by atoms with Crippen molar-refractivity contribution in [1.82, 2.24) is 15.2 Å². The molecule has 0 amide bonds. The molecule has 2 rings (SSSR count). The lowest BCUT2D eigenvalue weighted by Crippen LogP contribution is -2.45. The molecular formula is C15H23N3. The molecule has 98 valence electrons. The fourth-order valence-corrected chi connectivity index (χ4v) is 2.49. The predicted octanol–water partition coefficient (Wildman–Crippen LogP) is 2.30. The number of aromatic nitrogens is 1. The Morgan fingerprint density at radius 3 is 2.78 bits per heavy atom. The van der Waals surface area contributed by atoms with E-state index in [1.807, 2.05) is 0 Å². The minimum atomic E-state index is 0.379. The van der Waals surface area contributed by atoms with Crippen molar-refractivity contribution >= 4 is 0 Å². The molecule has 2 heterocycles. The van der Waals surface area contributed by atoms with E-state index in [4.69, 9.17) is 4.98 Å². The maximum atomic E-state index is 4.70. The summed E-state index contributed by atoms with van der Waals surface area (Å²) in [5, 5.41) is 3.40. The van der Waals surface area contributed by atoms with Crippen LogP contribution < -0.4 is 5.32 Å². The Hall–Kier alpha value is -1.19. The van der Waals surface area contributed by atoms with Crippen LogP contribution in [-0.2, 0) is 0 Å². The lowest BCUT2D eigenvalue weighted by atomic mass is 10.0. The highest BCUT2D eigenvalue weighted by Crippen LogP contribution is 2.26. The van der Waals surface area contributed by atoms with Gasteiger partial charge < -0.3 is 5.32 Å². The van der Waals surface area contributed by atoms with Crippen LogP contribution in [0.5, 0.6) is 0 Å². The summed E-state index contributed by atoms with van der Waals surface area (Å²) in [5.41, 5.74) is 3.50. The first-order valence-electron chi connectivity index (χ1n) is 6.69. The molecule has 1 aromatic rings. The molecule has 0 radical (unpaired) electrons. The molecule has 3 nitrogen and oxygen atoms in total. The van der Waals surface area contributed by atoms with Gasteiger partial charge in [-0.2, -0.15) is 0 Å². The van der Waals surface area contributed by atoms with Gasteiger partial charge in [0.15, 0.2) is 0 Å². The van der Waals surface area contributed by atoms with Crippen molar-refractivity contribution in [3.8, 4) is 0 Å². The van der Waals surface area contributed by atoms with Crippen LogP contribution in [0, 0.1) is 6.92 Å². The molecule has 1 aliphatic heterocycles. The molecule has 3 heteroatoms. The van der Waals surface area contributed by atoms with Crippen molar-refractivity contribution in [3.63, 3.8) is 0 Å². The predicted molar refractivity (Wildman–Crippen MR) is 75.6 cm³/mol. The van der Waals surface area contributed by atoms with Crippen LogP contribution in [0.15, 0.2) is 30.4 Å². The van der Waals surface area contributed by atoms with Gasteiger partial charge in [-0.15, -0.1) is 6.58 Å². The summed E-state index contributed by atoms with van der Waals surface area (Å²) in [5.74, 6) is 0. The van der Waals surface area contributed by atoms with E-state index in [9.17, 15) is 0 Å². The number of nitrogens with one attached hydrogen (secondary N) is 1. The van der Waals surface area contributed by atoms with E-state index in [1.165, 1.54) is 11.3 Å². The zero-order valence-electron chi connectivity index (χ0n) is 11.4. The van der Waals surface area contributed by atoms with Crippen LogP contribution in [0.25, 0.3) is 0 Å². The minimum absolute atomic E-state index is 0.379. The van der Waals surface area contributed by atoms with E-state index < -0.39 is 0 Å². The van der Waals surface area contributed by atoms with Crippen molar-refractivity contribution in [3.05, 3.63) is 41.7 Å². The van der Waals surface area contributed by atoms with Gasteiger partial charge in [0.05, 0.1) is 11.7 Å². The summed E-state index contributed by atoms with van der Waals surface area (Å²) in [7, 11) is 0. The number of piperazine rings is 1. The van der Waals surface area contributed by atoms with Crippen molar-refractivity contribution in [2.45, 2.75) is 26.3 Å². The third-order valence-electron chi connectivity index (χ3n) is 3.39. The molecule has 0 aromatic carbocycles. The Morgan fingerprint density at radius 1 is 1.44 bits per heavy atom. The van der Waals surface area contributed by atoms with Crippen LogP contribution in [0.1, 0.15) is 30.8 Å². The molecule has 0 spiro atoms. The third kappa shape index (κ3) is 3.40. The van der Waals surface area contributed by atoms with E-state index in [-0.39, 0.29) is 0 Å². The second kappa shape index (κ2) is 6.12. The molecule has 1 N–H and O–H groups in total. The van der Waals surface area contributed by atoms with Crippen LogP contribution in [-0.4, -0.2) is 36.1 Å². The molecule has 1 fully saturated rings. The molecular weight excluding hydrogens is 222 g/mol. The number of aryl methyl sites for hydroxylation is 1. The van der Waals surface area contributed by atoms with E-state index in [1.54, 1.807) is 0 Å². The van der Waals surface area contributed by atoms with Gasteiger partial charge in [-0.3, -0.25) is 9.88 Å². The highest BCUT2D eigenvalue weighted by atomic mass is 15.2. The summed E-state index contributed by atoms with van der Waals surface area (Å²) < 4.78 is 0. The molecule has 1 aromatic heterocycles. The summed E-state index contributed by atoms with van der Waals surface area (Å²) in [6, 6.07) is 6.68. The number of hydrogen-bond donors (Lipinski definition) is 1. The summed E-state index contributed by atoms with van der Waals surface area (Å²) in [6.45, 7) is 12.5. The number of rotatable bonds is 4. The summed E-state index contributed by atoms with van der Waals surface area (Å²) >= 11 is 0. The Labute approximate surface area is 110 Å². The van der Waals surface area contributed by atoms with E-state index in [2.05, 4.69) is 48.8 Å². The zero-order chi connectivity index (χ0) is 13.0. The van der Waals surface area contributed by atoms with Crippen molar-refractivity contribution < 1.29 is 0 Å². The molecule has 1 saturated heterocycles. The zero-order valence-corrected chi connectivity index (χ0v) is 11.4. The molecule has 18 heavy (non-hydrogen) atoms. The standard InChI is InChI=1S/C15H23N3/c1-12(2)11-15(18-9-7-16-8-10-18)14-6-4-5-13(3)17-14/h4-6,15-16H,1,7-11H2,2-3H3/t15-/m1/s1. The second-order valence-corrected chi connectivity index (χ2v) is 5.17. The highest BCUT2D eigenvalue weighted by Gasteiger charge is 2.23. The Balaban J connectivity index is 2.20. The van der Waals surface area contributed by atoms with Gasteiger partial charge in [0, 0.05) is 31.9 Å². The first-order chi connectivity index (χ1) is 8.66. The summed E-state index contributed by atoms with van der Waals surface area (Å²) in [4.78, 5) is 7.22. The molecule has 0 aliphatic carbocycles. The lowest BCUT2D eigenvalue weighted by Gasteiger charge is -2.35. The number of hydrogen-bond acceptors (Lipinski definition) is 3. The van der Waals surface area contributed by atoms with Crippen LogP contribution in [0.3, 0.4) is 0 Å². The maximum absolute atomic E-state index is 4.70. The van der Waals surface area contributed by atoms with Gasteiger partial charge in [0.25, 0.3) is 0 Å². The lowest BCUT2D eigenvalue weighted by molar-refractivity contribution is 0.169. The van der Waals surface area contributed by atoms with Gasteiger partial charge >= 0.3 is 0 Å².